The molecule has 0 radical (unpaired) electrons. The number of benzene rings is 2. The molecule has 0 aliphatic heterocycles. The fourth-order valence-electron chi connectivity index (χ4n) is 3.11. The second-order valence-corrected chi connectivity index (χ2v) is 10.2. The van der Waals surface area contributed by atoms with Gasteiger partial charge in [0, 0.05) is 10.6 Å². The summed E-state index contributed by atoms with van der Waals surface area (Å²) in [5.41, 5.74) is 4.15. The van der Waals surface area contributed by atoms with E-state index in [1.54, 1.807) is 36.4 Å². The standard InChI is InChI=1S/C24H26ClN3O4S/c1-16(2)13-22(28-33(30,31)21-10-7-17(3)8-11-21)24(29)27-26-15-20-9-12-23(32-20)18-5-4-6-19(25)14-18/h4-12,14-16,22,28H,13H2,1-3H3,(H,27,29)/b26-15-/t22-/m1/s1. The highest BCUT2D eigenvalue weighted by Gasteiger charge is 2.26. The summed E-state index contributed by atoms with van der Waals surface area (Å²) in [6.45, 7) is 5.68. The highest BCUT2D eigenvalue weighted by atomic mass is 35.5. The molecule has 0 aliphatic carbocycles. The van der Waals surface area contributed by atoms with E-state index in [2.05, 4.69) is 15.2 Å². The number of hydrazone groups is 1. The third-order valence-corrected chi connectivity index (χ3v) is 6.48. The smallest absolute Gasteiger partial charge is 0.258 e. The molecule has 0 unspecified atom stereocenters. The lowest BCUT2D eigenvalue weighted by molar-refractivity contribution is -0.123. The van der Waals surface area contributed by atoms with Crippen LogP contribution in [0.2, 0.25) is 5.02 Å². The van der Waals surface area contributed by atoms with Gasteiger partial charge >= 0.3 is 0 Å². The zero-order chi connectivity index (χ0) is 24.0. The van der Waals surface area contributed by atoms with Crippen molar-refractivity contribution < 1.29 is 17.6 Å². The maximum Gasteiger partial charge on any atom is 0.258 e. The summed E-state index contributed by atoms with van der Waals surface area (Å²) >= 11 is 6.01. The number of nitrogens with zero attached hydrogens (tertiary/aromatic N) is 1. The number of hydrogen-bond donors (Lipinski definition) is 2. The first kappa shape index (κ1) is 24.7. The first-order valence-corrected chi connectivity index (χ1v) is 12.3. The number of aryl methyl sites for hydroxylation is 1. The number of sulfonamides is 1. The van der Waals surface area contributed by atoms with E-state index < -0.39 is 22.0 Å². The zero-order valence-corrected chi connectivity index (χ0v) is 20.2. The number of carbonyl (C=O) groups excluding carboxylic acids is 1. The summed E-state index contributed by atoms with van der Waals surface area (Å²) in [5, 5.41) is 4.52. The van der Waals surface area contributed by atoms with Crippen molar-refractivity contribution in [3.05, 3.63) is 77.0 Å². The average Bonchev–Trinajstić information content (AvgIpc) is 3.22. The Bertz CT molecular complexity index is 1230. The van der Waals surface area contributed by atoms with Crippen molar-refractivity contribution in [2.75, 3.05) is 0 Å². The molecule has 0 fully saturated rings. The van der Waals surface area contributed by atoms with Crippen LogP contribution in [0.15, 0.2) is 75.1 Å². The normalized spacial score (nSPS) is 12.9. The van der Waals surface area contributed by atoms with Gasteiger partial charge in [0.15, 0.2) is 0 Å². The van der Waals surface area contributed by atoms with E-state index in [9.17, 15) is 13.2 Å². The molecule has 2 aromatic carbocycles. The topological polar surface area (TPSA) is 101 Å². The maximum absolute atomic E-state index is 12.7. The second-order valence-electron chi connectivity index (χ2n) is 8.06. The van der Waals surface area contributed by atoms with Crippen LogP contribution in [0.3, 0.4) is 0 Å². The molecule has 9 heteroatoms. The lowest BCUT2D eigenvalue weighted by Crippen LogP contribution is -2.46. The summed E-state index contributed by atoms with van der Waals surface area (Å²) < 4.78 is 33.7. The van der Waals surface area contributed by atoms with E-state index in [1.165, 1.54) is 18.3 Å². The largest absolute Gasteiger partial charge is 0.455 e. The van der Waals surface area contributed by atoms with Crippen molar-refractivity contribution in [3.8, 4) is 11.3 Å². The van der Waals surface area contributed by atoms with Crippen LogP contribution >= 0.6 is 11.6 Å². The van der Waals surface area contributed by atoms with E-state index in [1.807, 2.05) is 32.9 Å². The van der Waals surface area contributed by atoms with Crippen molar-refractivity contribution >= 4 is 33.7 Å². The third kappa shape index (κ3) is 7.02. The molecule has 1 aromatic heterocycles. The van der Waals surface area contributed by atoms with Crippen LogP contribution in [0.25, 0.3) is 11.3 Å². The van der Waals surface area contributed by atoms with E-state index in [4.69, 9.17) is 16.0 Å². The molecule has 33 heavy (non-hydrogen) atoms. The zero-order valence-electron chi connectivity index (χ0n) is 18.6. The van der Waals surface area contributed by atoms with Crippen LogP contribution in [0.4, 0.5) is 0 Å². The molecular weight excluding hydrogens is 462 g/mol. The molecule has 1 amide bonds. The Hall–Kier alpha value is -2.94. The SMILES string of the molecule is Cc1ccc(S(=O)(=O)N[C@H](CC(C)C)C(=O)N/N=C\c2ccc(-c3cccc(Cl)c3)o2)cc1. The predicted octanol–water partition coefficient (Wildman–Crippen LogP) is 4.75. The van der Waals surface area contributed by atoms with Gasteiger partial charge in [-0.25, -0.2) is 13.8 Å². The molecule has 0 saturated carbocycles. The Labute approximate surface area is 198 Å². The predicted molar refractivity (Wildman–Crippen MR) is 130 cm³/mol. The molecule has 3 rings (SSSR count). The fraction of sp³-hybridized carbons (Fsp3) is 0.250. The van der Waals surface area contributed by atoms with Crippen LogP contribution in [0.1, 0.15) is 31.6 Å². The Morgan fingerprint density at radius 3 is 2.52 bits per heavy atom. The van der Waals surface area contributed by atoms with Crippen LogP contribution in [-0.4, -0.2) is 26.6 Å². The van der Waals surface area contributed by atoms with E-state index in [0.29, 0.717) is 23.0 Å². The van der Waals surface area contributed by atoms with Gasteiger partial charge in [0.2, 0.25) is 10.0 Å². The number of halogens is 1. The number of furan rings is 1. The number of amides is 1. The Morgan fingerprint density at radius 2 is 1.85 bits per heavy atom. The maximum atomic E-state index is 12.7. The highest BCUT2D eigenvalue weighted by Crippen LogP contribution is 2.24. The second kappa shape index (κ2) is 10.8. The van der Waals surface area contributed by atoms with E-state index in [-0.39, 0.29) is 10.8 Å². The summed E-state index contributed by atoms with van der Waals surface area (Å²) in [6.07, 6.45) is 1.67. The van der Waals surface area contributed by atoms with Gasteiger partial charge in [-0.3, -0.25) is 4.79 Å². The molecule has 7 nitrogen and oxygen atoms in total. The Balaban J connectivity index is 1.68. The summed E-state index contributed by atoms with van der Waals surface area (Å²) in [6, 6.07) is 16.2. The van der Waals surface area contributed by atoms with Crippen molar-refractivity contribution in [3.63, 3.8) is 0 Å². The molecule has 174 valence electrons. The molecule has 1 atom stereocenters. The summed E-state index contributed by atoms with van der Waals surface area (Å²) in [7, 11) is -3.87. The van der Waals surface area contributed by atoms with Gasteiger partial charge in [-0.15, -0.1) is 0 Å². The number of hydrogen-bond acceptors (Lipinski definition) is 5. The van der Waals surface area contributed by atoms with Crippen molar-refractivity contribution in [2.24, 2.45) is 11.0 Å². The summed E-state index contributed by atoms with van der Waals surface area (Å²) in [4.78, 5) is 12.8. The van der Waals surface area contributed by atoms with E-state index in [0.717, 1.165) is 11.1 Å². The van der Waals surface area contributed by atoms with Crippen molar-refractivity contribution in [1.82, 2.24) is 10.1 Å². The summed E-state index contributed by atoms with van der Waals surface area (Å²) in [5.74, 6) is 0.549. The van der Waals surface area contributed by atoms with Gasteiger partial charge in [0.05, 0.1) is 11.1 Å². The Kier molecular flexibility index (Phi) is 8.07. The minimum atomic E-state index is -3.87. The minimum Gasteiger partial charge on any atom is -0.455 e. The van der Waals surface area contributed by atoms with Crippen LogP contribution in [0.5, 0.6) is 0 Å². The molecule has 0 spiro atoms. The minimum absolute atomic E-state index is 0.0794. The van der Waals surface area contributed by atoms with Crippen LogP contribution in [0, 0.1) is 12.8 Å². The third-order valence-electron chi connectivity index (χ3n) is 4.75. The van der Waals surface area contributed by atoms with Crippen molar-refractivity contribution in [1.29, 1.82) is 0 Å². The first-order valence-electron chi connectivity index (χ1n) is 10.4. The first-order chi connectivity index (χ1) is 15.6. The van der Waals surface area contributed by atoms with Gasteiger partial charge < -0.3 is 4.42 Å². The van der Waals surface area contributed by atoms with Gasteiger partial charge in [-0.05, 0) is 55.7 Å². The van der Waals surface area contributed by atoms with Crippen LogP contribution < -0.4 is 10.1 Å². The van der Waals surface area contributed by atoms with E-state index >= 15 is 0 Å². The fourth-order valence-corrected chi connectivity index (χ4v) is 4.51. The van der Waals surface area contributed by atoms with Crippen LogP contribution in [-0.2, 0) is 14.8 Å². The number of nitrogens with one attached hydrogen (secondary N) is 2. The van der Waals surface area contributed by atoms with Gasteiger partial charge in [-0.2, -0.15) is 9.82 Å². The number of carbonyl (C=O) groups is 1. The molecular formula is C24H26ClN3O4S. The molecule has 0 saturated heterocycles. The number of rotatable bonds is 9. The molecule has 1 heterocycles. The Morgan fingerprint density at radius 1 is 1.12 bits per heavy atom. The lowest BCUT2D eigenvalue weighted by atomic mass is 10.0. The molecule has 2 N–H and O–H groups in total. The van der Waals surface area contributed by atoms with Gasteiger partial charge in [0.25, 0.3) is 5.91 Å². The monoisotopic (exact) mass is 487 g/mol. The van der Waals surface area contributed by atoms with Gasteiger partial charge in [-0.1, -0.05) is 55.3 Å². The molecule has 0 aliphatic rings. The molecule has 0 bridgehead atoms. The van der Waals surface area contributed by atoms with Crippen molar-refractivity contribution in [2.45, 2.75) is 38.1 Å². The highest BCUT2D eigenvalue weighted by molar-refractivity contribution is 7.89. The van der Waals surface area contributed by atoms with Gasteiger partial charge in [0.1, 0.15) is 17.6 Å². The quantitative estimate of drug-likeness (QED) is 0.336. The molecule has 3 aromatic rings. The lowest BCUT2D eigenvalue weighted by Gasteiger charge is -2.19. The average molecular weight is 488 g/mol.